The Balaban J connectivity index is 1.83. The number of carboxylic acid groups (broad SMARTS) is 1. The molecule has 0 spiro atoms. The first-order valence-corrected chi connectivity index (χ1v) is 9.43. The molecule has 9 nitrogen and oxygen atoms in total. The number of nitrogens with one attached hydrogen (secondary N) is 3. The van der Waals surface area contributed by atoms with Gasteiger partial charge in [-0.3, -0.25) is 4.79 Å². The smallest absolute Gasteiger partial charge is 0.358 e. The van der Waals surface area contributed by atoms with Crippen LogP contribution in [0.3, 0.4) is 0 Å². The molecule has 11 heteroatoms. The molecule has 1 unspecified atom stereocenters. The predicted molar refractivity (Wildman–Crippen MR) is 102 cm³/mol. The number of H-pyrrole nitrogens is 1. The number of aromatic nitrogens is 2. The molecule has 0 aliphatic heterocycles. The van der Waals surface area contributed by atoms with E-state index in [2.05, 4.69) is 20.6 Å². The highest BCUT2D eigenvalue weighted by Gasteiger charge is 2.20. The van der Waals surface area contributed by atoms with Gasteiger partial charge >= 0.3 is 12.0 Å². The fourth-order valence-electron chi connectivity index (χ4n) is 2.28. The molecular formula is C16H14N4O5S2. The lowest BCUT2D eigenvalue weighted by Gasteiger charge is -2.13. The van der Waals surface area contributed by atoms with Crippen LogP contribution in [0.2, 0.25) is 0 Å². The van der Waals surface area contributed by atoms with Crippen molar-refractivity contribution in [2.75, 3.05) is 5.32 Å². The van der Waals surface area contributed by atoms with E-state index >= 15 is 0 Å². The minimum atomic E-state index is -1.54. The Kier molecular flexibility index (Phi) is 5.23. The maximum Gasteiger partial charge on any atom is 0.358 e. The summed E-state index contributed by atoms with van der Waals surface area (Å²) in [7, 11) is 0. The van der Waals surface area contributed by atoms with Crippen LogP contribution in [0.15, 0.2) is 33.1 Å². The molecule has 27 heavy (non-hydrogen) atoms. The molecule has 0 bridgehead atoms. The van der Waals surface area contributed by atoms with Gasteiger partial charge in [-0.05, 0) is 18.4 Å². The Bertz CT molecular complexity index is 1040. The Morgan fingerprint density at radius 1 is 1.33 bits per heavy atom. The van der Waals surface area contributed by atoms with Crippen molar-refractivity contribution in [3.05, 3.63) is 49.2 Å². The highest BCUT2D eigenvalue weighted by Crippen LogP contribution is 2.30. The summed E-state index contributed by atoms with van der Waals surface area (Å²) in [5.41, 5.74) is -1.06. The van der Waals surface area contributed by atoms with Crippen LogP contribution in [0.5, 0.6) is 5.75 Å². The van der Waals surface area contributed by atoms with Gasteiger partial charge in [-0.25, -0.2) is 14.6 Å². The van der Waals surface area contributed by atoms with Gasteiger partial charge < -0.3 is 25.8 Å². The highest BCUT2D eigenvalue weighted by atomic mass is 32.1. The topological polar surface area (TPSA) is 144 Å². The largest absolute Gasteiger partial charge is 0.501 e. The van der Waals surface area contributed by atoms with Gasteiger partial charge in [0.1, 0.15) is 5.82 Å². The average Bonchev–Trinajstić information content (AvgIpc) is 3.28. The van der Waals surface area contributed by atoms with E-state index in [1.54, 1.807) is 10.8 Å². The van der Waals surface area contributed by atoms with Crippen molar-refractivity contribution in [1.29, 1.82) is 0 Å². The second-order valence-corrected chi connectivity index (χ2v) is 7.17. The van der Waals surface area contributed by atoms with Crippen molar-refractivity contribution in [2.24, 2.45) is 0 Å². The van der Waals surface area contributed by atoms with E-state index in [1.165, 1.54) is 22.7 Å². The third-order valence-electron chi connectivity index (χ3n) is 3.58. The third-order valence-corrected chi connectivity index (χ3v) is 5.38. The van der Waals surface area contributed by atoms with Gasteiger partial charge in [-0.2, -0.15) is 0 Å². The van der Waals surface area contributed by atoms with Gasteiger partial charge in [0.25, 0.3) is 5.56 Å². The first-order chi connectivity index (χ1) is 12.9. The van der Waals surface area contributed by atoms with Crippen LogP contribution in [-0.2, 0) is 0 Å². The number of rotatable bonds is 5. The van der Waals surface area contributed by atoms with Crippen LogP contribution >= 0.6 is 22.7 Å². The molecule has 0 aliphatic carbocycles. The number of aromatic carboxylic acids is 1. The number of urea groups is 1. The third kappa shape index (κ3) is 3.99. The molecule has 0 aromatic carbocycles. The van der Waals surface area contributed by atoms with Crippen LogP contribution < -0.4 is 16.2 Å². The summed E-state index contributed by atoms with van der Waals surface area (Å²) < 4.78 is 0. The van der Waals surface area contributed by atoms with E-state index in [0.717, 1.165) is 4.88 Å². The second kappa shape index (κ2) is 7.60. The molecule has 3 aromatic heterocycles. The SMILES string of the molecule is CC(NC(=O)Nc1cscc1-c1nc(C(=O)O)c(O)c(=O)[nH]1)c1cccs1. The number of amides is 2. The minimum Gasteiger partial charge on any atom is -0.501 e. The highest BCUT2D eigenvalue weighted by molar-refractivity contribution is 7.10. The molecule has 0 radical (unpaired) electrons. The second-order valence-electron chi connectivity index (χ2n) is 5.45. The molecule has 5 N–H and O–H groups in total. The number of hydrogen-bond donors (Lipinski definition) is 5. The van der Waals surface area contributed by atoms with Gasteiger partial charge in [0.05, 0.1) is 17.3 Å². The van der Waals surface area contributed by atoms with Gasteiger partial charge in [-0.15, -0.1) is 22.7 Å². The zero-order valence-corrected chi connectivity index (χ0v) is 15.5. The van der Waals surface area contributed by atoms with E-state index in [9.17, 15) is 19.5 Å². The number of hydrogen-bond acceptors (Lipinski definition) is 7. The van der Waals surface area contributed by atoms with Crippen molar-refractivity contribution in [1.82, 2.24) is 15.3 Å². The summed E-state index contributed by atoms with van der Waals surface area (Å²) in [5, 5.41) is 29.2. The molecule has 0 saturated heterocycles. The number of carboxylic acids is 1. The molecule has 2 amide bonds. The number of anilines is 1. The maximum absolute atomic E-state index is 12.3. The molecule has 1 atom stereocenters. The molecule has 3 aromatic rings. The van der Waals surface area contributed by atoms with E-state index in [-0.39, 0.29) is 11.9 Å². The van der Waals surface area contributed by atoms with Crippen LogP contribution in [0.25, 0.3) is 11.4 Å². The Morgan fingerprint density at radius 3 is 2.78 bits per heavy atom. The van der Waals surface area contributed by atoms with E-state index in [0.29, 0.717) is 11.3 Å². The van der Waals surface area contributed by atoms with Crippen LogP contribution in [0.4, 0.5) is 10.5 Å². The summed E-state index contributed by atoms with van der Waals surface area (Å²) in [4.78, 5) is 42.2. The zero-order chi connectivity index (χ0) is 19.6. The molecule has 0 aliphatic rings. The van der Waals surface area contributed by atoms with Crippen molar-refractivity contribution >= 4 is 40.4 Å². The van der Waals surface area contributed by atoms with Crippen molar-refractivity contribution in [3.8, 4) is 17.1 Å². The van der Waals surface area contributed by atoms with E-state index in [1.807, 2.05) is 24.4 Å². The fourth-order valence-corrected chi connectivity index (χ4v) is 3.78. The lowest BCUT2D eigenvalue weighted by Crippen LogP contribution is -2.30. The fraction of sp³-hybridized carbons (Fsp3) is 0.125. The van der Waals surface area contributed by atoms with Crippen molar-refractivity contribution in [3.63, 3.8) is 0 Å². The molecule has 3 rings (SSSR count). The van der Waals surface area contributed by atoms with Gasteiger partial charge in [0.15, 0.2) is 5.69 Å². The number of aromatic hydroxyl groups is 1. The van der Waals surface area contributed by atoms with Gasteiger partial charge in [0, 0.05) is 15.6 Å². The number of aromatic amines is 1. The minimum absolute atomic E-state index is 0.0712. The number of carbonyl (C=O) groups is 2. The van der Waals surface area contributed by atoms with E-state index in [4.69, 9.17) is 5.11 Å². The molecule has 3 heterocycles. The Morgan fingerprint density at radius 2 is 2.11 bits per heavy atom. The van der Waals surface area contributed by atoms with Crippen LogP contribution in [0.1, 0.15) is 28.3 Å². The summed E-state index contributed by atoms with van der Waals surface area (Å²) in [5.74, 6) is -2.58. The number of nitrogens with zero attached hydrogens (tertiary/aromatic N) is 1. The summed E-state index contributed by atoms with van der Waals surface area (Å²) in [6, 6.07) is 3.14. The normalized spacial score (nSPS) is 11.7. The number of carbonyl (C=O) groups excluding carboxylic acids is 1. The molecule has 0 saturated carbocycles. The molecule has 140 valence electrons. The first-order valence-electron chi connectivity index (χ1n) is 7.61. The van der Waals surface area contributed by atoms with Crippen LogP contribution in [-0.4, -0.2) is 32.2 Å². The van der Waals surface area contributed by atoms with Crippen molar-refractivity contribution < 1.29 is 19.8 Å². The summed E-state index contributed by atoms with van der Waals surface area (Å²) in [6.45, 7) is 1.85. The van der Waals surface area contributed by atoms with E-state index < -0.39 is 29.0 Å². The predicted octanol–water partition coefficient (Wildman–Crippen LogP) is 2.85. The lowest BCUT2D eigenvalue weighted by atomic mass is 10.2. The standard InChI is InChI=1S/C16H14N4O5S2/c1-7(10-3-2-4-27-10)17-16(25)18-9-6-26-5-8(9)13-19-11(15(23)24)12(21)14(22)20-13/h2-7,21H,1H3,(H,23,24)(H2,17,18,25)(H,19,20,22). The first kappa shape index (κ1) is 18.6. The summed E-state index contributed by atoms with van der Waals surface area (Å²) in [6.07, 6.45) is 0. The monoisotopic (exact) mass is 406 g/mol. The average molecular weight is 406 g/mol. The van der Waals surface area contributed by atoms with Gasteiger partial charge in [-0.1, -0.05) is 6.07 Å². The van der Waals surface area contributed by atoms with Crippen molar-refractivity contribution in [2.45, 2.75) is 13.0 Å². The Hall–Kier alpha value is -3.18. The maximum atomic E-state index is 12.3. The zero-order valence-electron chi connectivity index (χ0n) is 13.8. The lowest BCUT2D eigenvalue weighted by molar-refractivity contribution is 0.0686. The van der Waals surface area contributed by atoms with Crippen LogP contribution in [0, 0.1) is 0 Å². The number of thiophene rings is 2. The Labute approximate surface area is 160 Å². The molecular weight excluding hydrogens is 392 g/mol. The summed E-state index contributed by atoms with van der Waals surface area (Å²) >= 11 is 2.75. The quantitative estimate of drug-likeness (QED) is 0.441. The van der Waals surface area contributed by atoms with Gasteiger partial charge in [0.2, 0.25) is 5.75 Å². The molecule has 0 fully saturated rings.